The molecule has 1 fully saturated rings. The molecule has 2 nitrogen and oxygen atoms in total. The van der Waals surface area contributed by atoms with Crippen molar-refractivity contribution in [3.8, 4) is 0 Å². The summed E-state index contributed by atoms with van der Waals surface area (Å²) >= 11 is 0. The van der Waals surface area contributed by atoms with Gasteiger partial charge < -0.3 is 4.90 Å². The molecule has 0 spiro atoms. The SMILES string of the molecule is CCC(C)C1CCN(CC(F)F)C(=O)CC1C(C)CC. The third-order valence-electron chi connectivity index (χ3n) is 5.15. The summed E-state index contributed by atoms with van der Waals surface area (Å²) in [5, 5.41) is 0. The summed E-state index contributed by atoms with van der Waals surface area (Å²) in [7, 11) is 0. The van der Waals surface area contributed by atoms with Crippen LogP contribution in [0.1, 0.15) is 53.4 Å². The Hall–Kier alpha value is -0.670. The predicted molar refractivity (Wildman–Crippen MR) is 77.7 cm³/mol. The lowest BCUT2D eigenvalue weighted by molar-refractivity contribution is -0.133. The van der Waals surface area contributed by atoms with Gasteiger partial charge in [0, 0.05) is 13.0 Å². The number of rotatable bonds is 6. The van der Waals surface area contributed by atoms with E-state index in [9.17, 15) is 13.6 Å². The first kappa shape index (κ1) is 17.4. The zero-order chi connectivity index (χ0) is 15.3. The first-order valence-electron chi connectivity index (χ1n) is 7.96. The average Bonchev–Trinajstić information content (AvgIpc) is 2.57. The van der Waals surface area contributed by atoms with Crippen LogP contribution in [-0.2, 0) is 4.79 Å². The summed E-state index contributed by atoms with van der Waals surface area (Å²) in [6.45, 7) is 8.82. The standard InChI is InChI=1S/C16H29F2NO/c1-5-11(3)13-7-8-19(10-15(17)18)16(20)9-14(13)12(4)6-2/h11-15H,5-10H2,1-4H3. The molecule has 4 atom stereocenters. The Morgan fingerprint density at radius 2 is 1.70 bits per heavy atom. The predicted octanol–water partition coefficient (Wildman–Crippen LogP) is 4.20. The van der Waals surface area contributed by atoms with Gasteiger partial charge in [-0.2, -0.15) is 0 Å². The van der Waals surface area contributed by atoms with Gasteiger partial charge >= 0.3 is 0 Å². The molecule has 4 heteroatoms. The maximum absolute atomic E-state index is 12.6. The monoisotopic (exact) mass is 289 g/mol. The van der Waals surface area contributed by atoms with Crippen molar-refractivity contribution in [1.29, 1.82) is 0 Å². The lowest BCUT2D eigenvalue weighted by Crippen LogP contribution is -2.35. The Balaban J connectivity index is 2.87. The number of hydrogen-bond donors (Lipinski definition) is 0. The van der Waals surface area contributed by atoms with Crippen molar-refractivity contribution in [2.45, 2.75) is 59.8 Å². The summed E-state index contributed by atoms with van der Waals surface area (Å²) in [6.07, 6.45) is 1.00. The largest absolute Gasteiger partial charge is 0.337 e. The highest BCUT2D eigenvalue weighted by Crippen LogP contribution is 2.38. The molecule has 0 aromatic heterocycles. The molecule has 0 radical (unpaired) electrons. The molecular weight excluding hydrogens is 260 g/mol. The number of halogens is 2. The minimum atomic E-state index is -2.43. The molecule has 20 heavy (non-hydrogen) atoms. The van der Waals surface area contributed by atoms with E-state index in [0.29, 0.717) is 36.6 Å². The number of amides is 1. The molecule has 0 bridgehead atoms. The van der Waals surface area contributed by atoms with Gasteiger partial charge in [-0.15, -0.1) is 0 Å². The Labute approximate surface area is 121 Å². The lowest BCUT2D eigenvalue weighted by Gasteiger charge is -2.33. The Morgan fingerprint density at radius 3 is 2.20 bits per heavy atom. The Morgan fingerprint density at radius 1 is 1.15 bits per heavy atom. The van der Waals surface area contributed by atoms with Crippen molar-refractivity contribution in [3.63, 3.8) is 0 Å². The van der Waals surface area contributed by atoms with Crippen molar-refractivity contribution in [2.24, 2.45) is 23.7 Å². The second-order valence-electron chi connectivity index (χ2n) is 6.32. The first-order chi connectivity index (χ1) is 9.40. The molecule has 1 heterocycles. The fourth-order valence-corrected chi connectivity index (χ4v) is 3.42. The molecule has 1 amide bonds. The van der Waals surface area contributed by atoms with E-state index in [1.807, 2.05) is 0 Å². The lowest BCUT2D eigenvalue weighted by atomic mass is 9.72. The molecule has 1 aliphatic heterocycles. The fraction of sp³-hybridized carbons (Fsp3) is 0.938. The normalized spacial score (nSPS) is 27.6. The van der Waals surface area contributed by atoms with Crippen LogP contribution >= 0.6 is 0 Å². The second kappa shape index (κ2) is 7.94. The molecular formula is C16H29F2NO. The maximum Gasteiger partial charge on any atom is 0.255 e. The van der Waals surface area contributed by atoms with Gasteiger partial charge in [-0.25, -0.2) is 8.78 Å². The molecule has 0 aliphatic carbocycles. The van der Waals surface area contributed by atoms with Crippen LogP contribution in [0.3, 0.4) is 0 Å². The molecule has 4 unspecified atom stereocenters. The van der Waals surface area contributed by atoms with E-state index in [1.54, 1.807) is 0 Å². The van der Waals surface area contributed by atoms with E-state index in [-0.39, 0.29) is 5.91 Å². The van der Waals surface area contributed by atoms with E-state index in [2.05, 4.69) is 27.7 Å². The Kier molecular flexibility index (Phi) is 6.90. The summed E-state index contributed by atoms with van der Waals surface area (Å²) < 4.78 is 25.2. The van der Waals surface area contributed by atoms with Gasteiger partial charge in [0.05, 0.1) is 6.54 Å². The summed E-state index contributed by atoms with van der Waals surface area (Å²) in [5.41, 5.74) is 0. The molecule has 118 valence electrons. The smallest absolute Gasteiger partial charge is 0.255 e. The highest BCUT2D eigenvalue weighted by atomic mass is 19.3. The maximum atomic E-state index is 12.6. The van der Waals surface area contributed by atoms with E-state index < -0.39 is 13.0 Å². The number of carbonyl (C=O) groups excluding carboxylic acids is 1. The molecule has 0 aromatic rings. The van der Waals surface area contributed by atoms with E-state index in [1.165, 1.54) is 4.90 Å². The molecule has 0 aromatic carbocycles. The van der Waals surface area contributed by atoms with Crippen LogP contribution in [0.4, 0.5) is 8.78 Å². The highest BCUT2D eigenvalue weighted by molar-refractivity contribution is 5.76. The van der Waals surface area contributed by atoms with Crippen LogP contribution < -0.4 is 0 Å². The van der Waals surface area contributed by atoms with Crippen LogP contribution in [-0.4, -0.2) is 30.3 Å². The van der Waals surface area contributed by atoms with Crippen LogP contribution in [0.2, 0.25) is 0 Å². The number of alkyl halides is 2. The van der Waals surface area contributed by atoms with Gasteiger partial charge in [0.1, 0.15) is 0 Å². The number of carbonyl (C=O) groups is 1. The molecule has 1 aliphatic rings. The van der Waals surface area contributed by atoms with Gasteiger partial charge in [-0.1, -0.05) is 40.5 Å². The number of nitrogens with zero attached hydrogens (tertiary/aromatic N) is 1. The number of hydrogen-bond acceptors (Lipinski definition) is 1. The quantitative estimate of drug-likeness (QED) is 0.717. The van der Waals surface area contributed by atoms with Crippen molar-refractivity contribution < 1.29 is 13.6 Å². The van der Waals surface area contributed by atoms with E-state index in [0.717, 1.165) is 19.3 Å². The van der Waals surface area contributed by atoms with Crippen LogP contribution in [0.15, 0.2) is 0 Å². The topological polar surface area (TPSA) is 20.3 Å². The minimum Gasteiger partial charge on any atom is -0.337 e. The molecule has 0 N–H and O–H groups in total. The van der Waals surface area contributed by atoms with Gasteiger partial charge in [0.2, 0.25) is 5.91 Å². The first-order valence-corrected chi connectivity index (χ1v) is 7.96. The van der Waals surface area contributed by atoms with Crippen LogP contribution in [0.5, 0.6) is 0 Å². The third-order valence-corrected chi connectivity index (χ3v) is 5.15. The molecule has 0 saturated carbocycles. The average molecular weight is 289 g/mol. The van der Waals surface area contributed by atoms with Crippen LogP contribution in [0, 0.1) is 23.7 Å². The minimum absolute atomic E-state index is 0.0820. The summed E-state index contributed by atoms with van der Waals surface area (Å²) in [6, 6.07) is 0. The van der Waals surface area contributed by atoms with Crippen molar-refractivity contribution in [3.05, 3.63) is 0 Å². The van der Waals surface area contributed by atoms with E-state index in [4.69, 9.17) is 0 Å². The second-order valence-corrected chi connectivity index (χ2v) is 6.32. The molecule has 1 rings (SSSR count). The van der Waals surface area contributed by atoms with Gasteiger partial charge in [0.15, 0.2) is 0 Å². The zero-order valence-corrected chi connectivity index (χ0v) is 13.2. The van der Waals surface area contributed by atoms with Crippen molar-refractivity contribution >= 4 is 5.91 Å². The molecule has 1 saturated heterocycles. The van der Waals surface area contributed by atoms with Crippen molar-refractivity contribution in [1.82, 2.24) is 4.90 Å². The van der Waals surface area contributed by atoms with Gasteiger partial charge in [-0.3, -0.25) is 4.79 Å². The fourth-order valence-electron chi connectivity index (χ4n) is 3.42. The summed E-state index contributed by atoms with van der Waals surface area (Å²) in [4.78, 5) is 13.6. The van der Waals surface area contributed by atoms with Crippen molar-refractivity contribution in [2.75, 3.05) is 13.1 Å². The van der Waals surface area contributed by atoms with Gasteiger partial charge in [0.25, 0.3) is 6.43 Å². The summed E-state index contributed by atoms with van der Waals surface area (Å²) in [5.74, 6) is 1.76. The zero-order valence-electron chi connectivity index (χ0n) is 13.2. The number of likely N-dealkylation sites (tertiary alicyclic amines) is 1. The van der Waals surface area contributed by atoms with Crippen LogP contribution in [0.25, 0.3) is 0 Å². The highest BCUT2D eigenvalue weighted by Gasteiger charge is 2.36. The van der Waals surface area contributed by atoms with E-state index >= 15 is 0 Å². The third kappa shape index (κ3) is 4.42. The Bertz CT molecular complexity index is 309. The van der Waals surface area contributed by atoms with Gasteiger partial charge in [-0.05, 0) is 30.1 Å².